The molecule has 1 heterocycles. The van der Waals surface area contributed by atoms with Crippen LogP contribution in [0.15, 0.2) is 34.0 Å². The number of aromatic nitrogens is 2. The van der Waals surface area contributed by atoms with Gasteiger partial charge in [0.1, 0.15) is 0 Å². The highest BCUT2D eigenvalue weighted by Crippen LogP contribution is 2.14. The Morgan fingerprint density at radius 1 is 1.35 bits per heavy atom. The molecule has 1 aromatic heterocycles. The monoisotopic (exact) mass is 274 g/mol. The maximum atomic E-state index is 11.7. The van der Waals surface area contributed by atoms with E-state index in [0.29, 0.717) is 22.4 Å². The molecule has 0 bridgehead atoms. The number of nitrogens with two attached hydrogens (primary N) is 2. The third kappa shape index (κ3) is 2.61. The Labute approximate surface area is 113 Å². The summed E-state index contributed by atoms with van der Waals surface area (Å²) in [5.41, 5.74) is 11.8. The number of nitrogens with zero attached hydrogens (tertiary/aromatic N) is 1. The maximum Gasteiger partial charge on any atom is 0.328 e. The predicted octanol–water partition coefficient (Wildman–Crippen LogP) is -0.426. The summed E-state index contributed by atoms with van der Waals surface area (Å²) in [5, 5.41) is 0. The molecule has 0 fully saturated rings. The van der Waals surface area contributed by atoms with Crippen LogP contribution in [0.3, 0.4) is 0 Å². The zero-order chi connectivity index (χ0) is 14.9. The number of hydrogen-bond acceptors (Lipinski definition) is 4. The van der Waals surface area contributed by atoms with E-state index < -0.39 is 17.2 Å². The van der Waals surface area contributed by atoms with Crippen molar-refractivity contribution in [2.75, 3.05) is 5.73 Å². The SMILES string of the molecule is Cc1cn(Cc2ccc(C(N)=O)cc2N)c(=O)[nH]c1=O. The van der Waals surface area contributed by atoms with Gasteiger partial charge < -0.3 is 11.5 Å². The number of primary amides is 1. The average Bonchev–Trinajstić information content (AvgIpc) is 2.37. The minimum atomic E-state index is -0.569. The molecule has 0 saturated carbocycles. The fourth-order valence-corrected chi connectivity index (χ4v) is 1.81. The van der Waals surface area contributed by atoms with Crippen LogP contribution in [-0.2, 0) is 6.54 Å². The third-order valence-corrected chi connectivity index (χ3v) is 2.96. The first-order valence-corrected chi connectivity index (χ1v) is 5.87. The first kappa shape index (κ1) is 13.6. The van der Waals surface area contributed by atoms with Gasteiger partial charge in [-0.05, 0) is 24.6 Å². The van der Waals surface area contributed by atoms with Gasteiger partial charge >= 0.3 is 5.69 Å². The third-order valence-electron chi connectivity index (χ3n) is 2.96. The fraction of sp³-hybridized carbons (Fsp3) is 0.154. The summed E-state index contributed by atoms with van der Waals surface area (Å²) in [6.07, 6.45) is 1.46. The van der Waals surface area contributed by atoms with Crippen LogP contribution < -0.4 is 22.7 Å². The highest BCUT2D eigenvalue weighted by molar-refractivity contribution is 5.93. The van der Waals surface area contributed by atoms with E-state index in [4.69, 9.17) is 11.5 Å². The van der Waals surface area contributed by atoms with Crippen molar-refractivity contribution in [2.24, 2.45) is 5.73 Å². The number of amides is 1. The molecule has 0 radical (unpaired) electrons. The number of H-pyrrole nitrogens is 1. The van der Waals surface area contributed by atoms with Gasteiger partial charge in [-0.3, -0.25) is 19.1 Å². The van der Waals surface area contributed by atoms with E-state index in [-0.39, 0.29) is 6.54 Å². The number of nitrogens with one attached hydrogen (secondary N) is 1. The summed E-state index contributed by atoms with van der Waals surface area (Å²) in [4.78, 5) is 36.2. The fourth-order valence-electron chi connectivity index (χ4n) is 1.81. The van der Waals surface area contributed by atoms with Crippen molar-refractivity contribution >= 4 is 11.6 Å². The summed E-state index contributed by atoms with van der Waals surface area (Å²) >= 11 is 0. The molecule has 0 aliphatic carbocycles. The van der Waals surface area contributed by atoms with E-state index in [0.717, 1.165) is 0 Å². The summed E-state index contributed by atoms with van der Waals surface area (Å²) in [5.74, 6) is -0.569. The van der Waals surface area contributed by atoms with Crippen LogP contribution in [0.5, 0.6) is 0 Å². The van der Waals surface area contributed by atoms with Gasteiger partial charge in [0.25, 0.3) is 5.56 Å². The molecular formula is C13H14N4O3. The van der Waals surface area contributed by atoms with Crippen LogP contribution in [0.25, 0.3) is 0 Å². The zero-order valence-electron chi connectivity index (χ0n) is 10.8. The van der Waals surface area contributed by atoms with Crippen LogP contribution in [0.4, 0.5) is 5.69 Å². The van der Waals surface area contributed by atoms with Crippen LogP contribution in [-0.4, -0.2) is 15.5 Å². The van der Waals surface area contributed by atoms with Gasteiger partial charge in [0, 0.05) is 23.0 Å². The Kier molecular flexibility index (Phi) is 3.43. The van der Waals surface area contributed by atoms with Crippen LogP contribution >= 0.6 is 0 Å². The molecule has 2 rings (SSSR count). The predicted molar refractivity (Wildman–Crippen MR) is 74.5 cm³/mol. The molecule has 7 nitrogen and oxygen atoms in total. The number of hydrogen-bond donors (Lipinski definition) is 3. The van der Waals surface area contributed by atoms with E-state index in [9.17, 15) is 14.4 Å². The van der Waals surface area contributed by atoms with Crippen LogP contribution in [0, 0.1) is 6.92 Å². The van der Waals surface area contributed by atoms with Gasteiger partial charge in [0.05, 0.1) is 6.54 Å². The molecule has 5 N–H and O–H groups in total. The van der Waals surface area contributed by atoms with Gasteiger partial charge in [-0.2, -0.15) is 0 Å². The topological polar surface area (TPSA) is 124 Å². The molecule has 1 amide bonds. The molecule has 2 aromatic rings. The number of anilines is 1. The molecule has 0 unspecified atom stereocenters. The lowest BCUT2D eigenvalue weighted by Gasteiger charge is -2.09. The second-order valence-corrected chi connectivity index (χ2v) is 4.48. The molecule has 0 saturated heterocycles. The van der Waals surface area contributed by atoms with Gasteiger partial charge in [-0.1, -0.05) is 6.07 Å². The second-order valence-electron chi connectivity index (χ2n) is 4.48. The smallest absolute Gasteiger partial charge is 0.328 e. The number of carbonyl (C=O) groups is 1. The number of aromatic amines is 1. The molecule has 0 aliphatic heterocycles. The van der Waals surface area contributed by atoms with Crippen molar-refractivity contribution < 1.29 is 4.79 Å². The first-order chi connectivity index (χ1) is 9.38. The number of benzene rings is 1. The van der Waals surface area contributed by atoms with Gasteiger partial charge in [-0.15, -0.1) is 0 Å². The van der Waals surface area contributed by atoms with Gasteiger partial charge in [-0.25, -0.2) is 4.79 Å². The van der Waals surface area contributed by atoms with E-state index >= 15 is 0 Å². The number of nitrogen functional groups attached to an aromatic ring is 1. The molecule has 104 valence electrons. The van der Waals surface area contributed by atoms with E-state index in [1.807, 2.05) is 0 Å². The molecule has 0 spiro atoms. The summed E-state index contributed by atoms with van der Waals surface area (Å²) < 4.78 is 1.34. The van der Waals surface area contributed by atoms with Crippen molar-refractivity contribution in [3.63, 3.8) is 0 Å². The minimum Gasteiger partial charge on any atom is -0.398 e. The largest absolute Gasteiger partial charge is 0.398 e. The Hall–Kier alpha value is -2.83. The molecule has 0 atom stereocenters. The highest BCUT2D eigenvalue weighted by Gasteiger charge is 2.07. The summed E-state index contributed by atoms with van der Waals surface area (Å²) in [7, 11) is 0. The zero-order valence-corrected chi connectivity index (χ0v) is 10.8. The first-order valence-electron chi connectivity index (χ1n) is 5.87. The summed E-state index contributed by atoms with van der Waals surface area (Å²) in [6, 6.07) is 4.63. The maximum absolute atomic E-state index is 11.7. The number of rotatable bonds is 3. The van der Waals surface area contributed by atoms with Crippen molar-refractivity contribution in [3.05, 3.63) is 61.9 Å². The van der Waals surface area contributed by atoms with E-state index in [1.54, 1.807) is 13.0 Å². The van der Waals surface area contributed by atoms with Crippen LogP contribution in [0.2, 0.25) is 0 Å². The van der Waals surface area contributed by atoms with Crippen molar-refractivity contribution in [3.8, 4) is 0 Å². The van der Waals surface area contributed by atoms with Crippen molar-refractivity contribution in [2.45, 2.75) is 13.5 Å². The molecule has 7 heteroatoms. The van der Waals surface area contributed by atoms with Gasteiger partial charge in [0.2, 0.25) is 5.91 Å². The molecular weight excluding hydrogens is 260 g/mol. The molecule has 0 aliphatic rings. The van der Waals surface area contributed by atoms with E-state index in [1.165, 1.54) is 22.9 Å². The summed E-state index contributed by atoms with van der Waals surface area (Å²) in [6.45, 7) is 1.80. The Morgan fingerprint density at radius 3 is 2.65 bits per heavy atom. The van der Waals surface area contributed by atoms with Crippen molar-refractivity contribution in [1.82, 2.24) is 9.55 Å². The Morgan fingerprint density at radius 2 is 2.05 bits per heavy atom. The normalized spacial score (nSPS) is 10.4. The van der Waals surface area contributed by atoms with Crippen molar-refractivity contribution in [1.29, 1.82) is 0 Å². The number of carbonyl (C=O) groups excluding carboxylic acids is 1. The van der Waals surface area contributed by atoms with E-state index in [2.05, 4.69) is 4.98 Å². The lowest BCUT2D eigenvalue weighted by Crippen LogP contribution is -2.31. The van der Waals surface area contributed by atoms with Crippen LogP contribution in [0.1, 0.15) is 21.5 Å². The average molecular weight is 274 g/mol. The minimum absolute atomic E-state index is 0.196. The highest BCUT2D eigenvalue weighted by atomic mass is 16.2. The Balaban J connectivity index is 2.40. The second kappa shape index (κ2) is 5.04. The standard InChI is InChI=1S/C13H14N4O3/c1-7-5-17(13(20)16-12(7)19)6-9-3-2-8(11(15)18)4-10(9)14/h2-5H,6,14H2,1H3,(H2,15,18)(H,16,19,20). The molecule has 20 heavy (non-hydrogen) atoms. The quantitative estimate of drug-likeness (QED) is 0.657. The van der Waals surface area contributed by atoms with Gasteiger partial charge in [0.15, 0.2) is 0 Å². The number of aryl methyl sites for hydroxylation is 1. The molecule has 1 aromatic carbocycles. The lowest BCUT2D eigenvalue weighted by atomic mass is 10.1. The Bertz CT molecular complexity index is 789. The lowest BCUT2D eigenvalue weighted by molar-refractivity contribution is 0.100.